The number of hydrogen-bond donors (Lipinski definition) is 2. The molecular weight excluding hydrogens is 279 g/mol. The second-order valence-electron chi connectivity index (χ2n) is 4.30. The fraction of sp³-hybridized carbons (Fsp3) is 0.0714. The molecule has 106 valence electrons. The Hall–Kier alpha value is -2.43. The van der Waals surface area contributed by atoms with Gasteiger partial charge in [-0.25, -0.2) is 8.78 Å². The van der Waals surface area contributed by atoms with Gasteiger partial charge in [0.1, 0.15) is 24.0 Å². The summed E-state index contributed by atoms with van der Waals surface area (Å²) < 4.78 is 32.2. The highest BCUT2D eigenvalue weighted by Crippen LogP contribution is 2.16. The van der Waals surface area contributed by atoms with Crippen LogP contribution in [0.25, 0.3) is 0 Å². The lowest BCUT2D eigenvalue weighted by Gasteiger charge is -2.09. The molecule has 2 aromatic carbocycles. The van der Waals surface area contributed by atoms with Crippen molar-refractivity contribution in [2.45, 2.75) is 6.61 Å². The number of benzene rings is 2. The summed E-state index contributed by atoms with van der Waals surface area (Å²) >= 11 is 0. The monoisotopic (exact) mass is 289 g/mol. The van der Waals surface area contributed by atoms with Crippen molar-refractivity contribution >= 4 is 12.6 Å². The highest BCUT2D eigenvalue weighted by molar-refractivity contribution is 6.58. The molecular formula is C14H10BF2NO3. The Morgan fingerprint density at radius 2 is 1.90 bits per heavy atom. The summed E-state index contributed by atoms with van der Waals surface area (Å²) in [5.74, 6) is -1.26. The summed E-state index contributed by atoms with van der Waals surface area (Å²) in [4.78, 5) is 0. The third-order valence-electron chi connectivity index (χ3n) is 2.77. The van der Waals surface area contributed by atoms with E-state index in [9.17, 15) is 8.78 Å². The van der Waals surface area contributed by atoms with Gasteiger partial charge in [0.15, 0.2) is 0 Å². The summed E-state index contributed by atoms with van der Waals surface area (Å²) in [5.41, 5.74) is 0.322. The first-order valence-electron chi connectivity index (χ1n) is 5.97. The molecule has 0 saturated heterocycles. The molecule has 0 saturated carbocycles. The molecule has 0 spiro atoms. The topological polar surface area (TPSA) is 73.5 Å². The van der Waals surface area contributed by atoms with Gasteiger partial charge in [-0.2, -0.15) is 5.26 Å². The Labute approximate surface area is 120 Å². The number of halogens is 2. The van der Waals surface area contributed by atoms with Crippen LogP contribution in [0.3, 0.4) is 0 Å². The Morgan fingerprint density at radius 3 is 2.52 bits per heavy atom. The zero-order valence-electron chi connectivity index (χ0n) is 10.8. The maximum atomic E-state index is 13.6. The van der Waals surface area contributed by atoms with Crippen LogP contribution >= 0.6 is 0 Å². The molecule has 0 aliphatic heterocycles. The maximum absolute atomic E-state index is 13.6. The van der Waals surface area contributed by atoms with Gasteiger partial charge < -0.3 is 14.8 Å². The van der Waals surface area contributed by atoms with Crippen molar-refractivity contribution in [2.75, 3.05) is 0 Å². The molecule has 4 nitrogen and oxygen atoms in total. The Morgan fingerprint density at radius 1 is 1.14 bits per heavy atom. The maximum Gasteiger partial charge on any atom is 0.488 e. The first-order valence-corrected chi connectivity index (χ1v) is 5.97. The van der Waals surface area contributed by atoms with Gasteiger partial charge in [0.2, 0.25) is 0 Å². The molecule has 0 aliphatic rings. The smallest absolute Gasteiger partial charge is 0.488 e. The molecule has 0 fully saturated rings. The van der Waals surface area contributed by atoms with Gasteiger partial charge >= 0.3 is 7.12 Å². The highest BCUT2D eigenvalue weighted by Gasteiger charge is 2.14. The van der Waals surface area contributed by atoms with Gasteiger partial charge in [0.25, 0.3) is 0 Å². The molecule has 0 heterocycles. The number of rotatable bonds is 4. The molecule has 0 bridgehead atoms. The lowest BCUT2D eigenvalue weighted by Crippen LogP contribution is -2.30. The largest absolute Gasteiger partial charge is 0.489 e. The fourth-order valence-electron chi connectivity index (χ4n) is 1.71. The van der Waals surface area contributed by atoms with Crippen LogP contribution in [-0.2, 0) is 6.61 Å². The van der Waals surface area contributed by atoms with Crippen LogP contribution in [0.1, 0.15) is 11.1 Å². The first-order chi connectivity index (χ1) is 9.99. The van der Waals surface area contributed by atoms with Gasteiger partial charge in [-0.15, -0.1) is 0 Å². The van der Waals surface area contributed by atoms with E-state index in [1.165, 1.54) is 18.2 Å². The summed E-state index contributed by atoms with van der Waals surface area (Å²) in [6, 6.07) is 8.98. The van der Waals surface area contributed by atoms with Crippen LogP contribution < -0.4 is 10.2 Å². The van der Waals surface area contributed by atoms with Crippen molar-refractivity contribution in [3.05, 3.63) is 59.2 Å². The predicted octanol–water partition coefficient (Wildman–Crippen LogP) is 1.10. The van der Waals surface area contributed by atoms with E-state index < -0.39 is 18.8 Å². The predicted molar refractivity (Wildman–Crippen MR) is 71.7 cm³/mol. The van der Waals surface area contributed by atoms with E-state index in [1.54, 1.807) is 0 Å². The third kappa shape index (κ3) is 3.78. The van der Waals surface area contributed by atoms with E-state index in [0.29, 0.717) is 0 Å². The van der Waals surface area contributed by atoms with E-state index in [-0.39, 0.29) is 28.9 Å². The van der Waals surface area contributed by atoms with E-state index in [2.05, 4.69) is 0 Å². The van der Waals surface area contributed by atoms with Crippen molar-refractivity contribution in [3.8, 4) is 11.8 Å². The van der Waals surface area contributed by atoms with Crippen LogP contribution in [0.15, 0.2) is 36.4 Å². The van der Waals surface area contributed by atoms with Gasteiger partial charge in [-0.05, 0) is 29.7 Å². The van der Waals surface area contributed by atoms with E-state index in [4.69, 9.17) is 20.0 Å². The van der Waals surface area contributed by atoms with Crippen molar-refractivity contribution in [3.63, 3.8) is 0 Å². The summed E-state index contributed by atoms with van der Waals surface area (Å²) in [6.07, 6.45) is 0. The minimum Gasteiger partial charge on any atom is -0.489 e. The Balaban J connectivity index is 2.15. The SMILES string of the molecule is N#Cc1ccc(COc2cc(F)cc(B(O)O)c2)c(F)c1. The minimum atomic E-state index is -1.82. The molecule has 0 radical (unpaired) electrons. The molecule has 0 aromatic heterocycles. The van der Waals surface area contributed by atoms with Gasteiger partial charge in [-0.1, -0.05) is 6.07 Å². The molecule has 0 amide bonds. The molecule has 2 aromatic rings. The van der Waals surface area contributed by atoms with Crippen molar-refractivity contribution in [2.24, 2.45) is 0 Å². The van der Waals surface area contributed by atoms with Crippen molar-refractivity contribution < 1.29 is 23.6 Å². The molecule has 0 atom stereocenters. The molecule has 2 rings (SSSR count). The average molecular weight is 289 g/mol. The fourth-order valence-corrected chi connectivity index (χ4v) is 1.71. The van der Waals surface area contributed by atoms with E-state index >= 15 is 0 Å². The second kappa shape index (κ2) is 6.35. The highest BCUT2D eigenvalue weighted by atomic mass is 19.1. The number of ether oxygens (including phenoxy) is 1. The summed E-state index contributed by atoms with van der Waals surface area (Å²) in [5, 5.41) is 26.6. The average Bonchev–Trinajstić information content (AvgIpc) is 2.45. The summed E-state index contributed by atoms with van der Waals surface area (Å²) in [6.45, 7) is -0.179. The second-order valence-corrected chi connectivity index (χ2v) is 4.30. The van der Waals surface area contributed by atoms with Crippen LogP contribution in [0.5, 0.6) is 5.75 Å². The number of nitrogens with zero attached hydrogens (tertiary/aromatic N) is 1. The van der Waals surface area contributed by atoms with E-state index in [1.807, 2.05) is 6.07 Å². The normalized spacial score (nSPS) is 10.0. The van der Waals surface area contributed by atoms with Crippen molar-refractivity contribution in [1.29, 1.82) is 5.26 Å². The van der Waals surface area contributed by atoms with Crippen LogP contribution in [0.2, 0.25) is 0 Å². The first kappa shape index (κ1) is 15.0. The standard InChI is InChI=1S/C14H10BF2NO3/c16-12-4-11(15(19)20)5-13(6-12)21-8-10-2-1-9(7-18)3-14(10)17/h1-6,19-20H,8H2. The van der Waals surface area contributed by atoms with Gasteiger partial charge in [-0.3, -0.25) is 0 Å². The number of nitriles is 1. The quantitative estimate of drug-likeness (QED) is 0.826. The van der Waals surface area contributed by atoms with Gasteiger partial charge in [0, 0.05) is 11.6 Å². The Bertz CT molecular complexity index is 701. The third-order valence-corrected chi connectivity index (χ3v) is 2.77. The molecule has 7 heteroatoms. The van der Waals surface area contributed by atoms with Crippen molar-refractivity contribution in [1.82, 2.24) is 0 Å². The minimum absolute atomic E-state index is 0.0434. The van der Waals surface area contributed by atoms with Crippen LogP contribution in [0, 0.1) is 23.0 Å². The van der Waals surface area contributed by atoms with Crippen LogP contribution in [0.4, 0.5) is 8.78 Å². The number of hydrogen-bond acceptors (Lipinski definition) is 4. The Kier molecular flexibility index (Phi) is 4.53. The molecule has 21 heavy (non-hydrogen) atoms. The molecule has 0 unspecified atom stereocenters. The molecule has 0 aliphatic carbocycles. The lowest BCUT2D eigenvalue weighted by atomic mass is 9.80. The van der Waals surface area contributed by atoms with E-state index in [0.717, 1.165) is 18.2 Å². The zero-order chi connectivity index (χ0) is 15.4. The zero-order valence-corrected chi connectivity index (χ0v) is 10.8. The van der Waals surface area contributed by atoms with Gasteiger partial charge in [0.05, 0.1) is 11.6 Å². The summed E-state index contributed by atoms with van der Waals surface area (Å²) in [7, 11) is -1.82. The lowest BCUT2D eigenvalue weighted by molar-refractivity contribution is 0.298. The van der Waals surface area contributed by atoms with Crippen LogP contribution in [-0.4, -0.2) is 17.2 Å². The molecule has 2 N–H and O–H groups in total.